The molecule has 7 nitrogen and oxygen atoms in total. The first-order chi connectivity index (χ1) is 13.0. The number of amides is 1. The molecule has 0 N–H and O–H groups in total. The van der Waals surface area contributed by atoms with Crippen LogP contribution in [-0.2, 0) is 11.3 Å². The molecule has 0 unspecified atom stereocenters. The number of carbonyl (C=O) groups excluding carboxylic acids is 1. The van der Waals surface area contributed by atoms with Gasteiger partial charge in [-0.15, -0.1) is 0 Å². The molecule has 0 atom stereocenters. The SMILES string of the molecule is CN1CCC(N(Cc2ccco2)C(=O)/C=C/c2ccccc2[N+](=O)[O-])CC1. The van der Waals surface area contributed by atoms with Crippen molar-refractivity contribution in [2.75, 3.05) is 20.1 Å². The first-order valence-electron chi connectivity index (χ1n) is 8.97. The number of hydrogen-bond donors (Lipinski definition) is 0. The Bertz CT molecular complexity index is 808. The Hall–Kier alpha value is -2.93. The fraction of sp³-hybridized carbons (Fsp3) is 0.350. The normalized spacial score (nSPS) is 15.9. The number of furan rings is 1. The van der Waals surface area contributed by atoms with E-state index in [4.69, 9.17) is 4.42 Å². The van der Waals surface area contributed by atoms with Gasteiger partial charge in [0.15, 0.2) is 0 Å². The summed E-state index contributed by atoms with van der Waals surface area (Å²) in [4.78, 5) is 27.7. The Morgan fingerprint density at radius 1 is 1.30 bits per heavy atom. The van der Waals surface area contributed by atoms with E-state index < -0.39 is 4.92 Å². The van der Waals surface area contributed by atoms with Gasteiger partial charge in [0.05, 0.1) is 23.3 Å². The number of piperidine rings is 1. The van der Waals surface area contributed by atoms with Gasteiger partial charge in [-0.1, -0.05) is 12.1 Å². The number of likely N-dealkylation sites (tertiary alicyclic amines) is 1. The average Bonchev–Trinajstić information content (AvgIpc) is 3.18. The molecule has 0 bridgehead atoms. The molecule has 1 aromatic carbocycles. The molecule has 1 fully saturated rings. The highest BCUT2D eigenvalue weighted by atomic mass is 16.6. The van der Waals surface area contributed by atoms with Crippen molar-refractivity contribution in [1.29, 1.82) is 0 Å². The quantitative estimate of drug-likeness (QED) is 0.443. The van der Waals surface area contributed by atoms with Crippen molar-refractivity contribution in [3.05, 3.63) is 70.2 Å². The molecular formula is C20H23N3O4. The molecule has 1 aliphatic heterocycles. The van der Waals surface area contributed by atoms with Crippen LogP contribution in [-0.4, -0.2) is 46.8 Å². The summed E-state index contributed by atoms with van der Waals surface area (Å²) in [5.41, 5.74) is 0.399. The molecule has 2 heterocycles. The minimum Gasteiger partial charge on any atom is -0.467 e. The van der Waals surface area contributed by atoms with Gasteiger partial charge in [0.25, 0.3) is 5.69 Å². The maximum Gasteiger partial charge on any atom is 0.276 e. The lowest BCUT2D eigenvalue weighted by atomic mass is 10.0. The number of rotatable bonds is 6. The first kappa shape index (κ1) is 18.8. The molecule has 1 aliphatic rings. The molecule has 0 saturated carbocycles. The molecular weight excluding hydrogens is 346 g/mol. The molecule has 3 rings (SSSR count). The van der Waals surface area contributed by atoms with Gasteiger partial charge in [-0.05, 0) is 57.3 Å². The van der Waals surface area contributed by atoms with Crippen molar-refractivity contribution in [3.63, 3.8) is 0 Å². The standard InChI is InChI=1S/C20H23N3O4/c1-21-12-10-17(11-13-21)22(15-18-6-4-14-27-18)20(24)9-8-16-5-2-3-7-19(16)23(25)26/h2-9,14,17H,10-13,15H2,1H3/b9-8+. The number of para-hydroxylation sites is 1. The van der Waals surface area contributed by atoms with Gasteiger partial charge in [0.1, 0.15) is 5.76 Å². The lowest BCUT2D eigenvalue weighted by molar-refractivity contribution is -0.385. The van der Waals surface area contributed by atoms with E-state index in [1.165, 1.54) is 18.2 Å². The van der Waals surface area contributed by atoms with E-state index in [9.17, 15) is 14.9 Å². The van der Waals surface area contributed by atoms with E-state index in [0.717, 1.165) is 31.7 Å². The molecule has 142 valence electrons. The van der Waals surface area contributed by atoms with E-state index in [-0.39, 0.29) is 17.6 Å². The largest absolute Gasteiger partial charge is 0.467 e. The third-order valence-electron chi connectivity index (χ3n) is 4.86. The van der Waals surface area contributed by atoms with Crippen molar-refractivity contribution in [3.8, 4) is 0 Å². The summed E-state index contributed by atoms with van der Waals surface area (Å²) < 4.78 is 5.42. The lowest BCUT2D eigenvalue weighted by Gasteiger charge is -2.36. The Kier molecular flexibility index (Phi) is 6.03. The molecule has 27 heavy (non-hydrogen) atoms. The van der Waals surface area contributed by atoms with E-state index in [1.807, 2.05) is 6.07 Å². The van der Waals surface area contributed by atoms with Crippen LogP contribution in [0.2, 0.25) is 0 Å². The highest BCUT2D eigenvalue weighted by molar-refractivity contribution is 5.92. The van der Waals surface area contributed by atoms with Crippen LogP contribution in [0.4, 0.5) is 5.69 Å². The fourth-order valence-corrected chi connectivity index (χ4v) is 3.32. The number of nitro benzene ring substituents is 1. The topological polar surface area (TPSA) is 79.8 Å². The predicted octanol–water partition coefficient (Wildman–Crippen LogP) is 3.32. The van der Waals surface area contributed by atoms with Gasteiger partial charge < -0.3 is 14.2 Å². The van der Waals surface area contributed by atoms with Crippen LogP contribution in [0.15, 0.2) is 53.2 Å². The minimum absolute atomic E-state index is 0.0153. The summed E-state index contributed by atoms with van der Waals surface area (Å²) in [6.45, 7) is 2.25. The van der Waals surface area contributed by atoms with Crippen molar-refractivity contribution in [1.82, 2.24) is 9.80 Å². The summed E-state index contributed by atoms with van der Waals surface area (Å²) in [6, 6.07) is 10.2. The predicted molar refractivity (Wildman–Crippen MR) is 102 cm³/mol. The van der Waals surface area contributed by atoms with E-state index >= 15 is 0 Å². The first-order valence-corrected chi connectivity index (χ1v) is 8.97. The van der Waals surface area contributed by atoms with Gasteiger partial charge in [-0.25, -0.2) is 0 Å². The smallest absolute Gasteiger partial charge is 0.276 e. The minimum atomic E-state index is -0.443. The summed E-state index contributed by atoms with van der Waals surface area (Å²) in [5.74, 6) is 0.556. The van der Waals surface area contributed by atoms with Crippen LogP contribution in [0, 0.1) is 10.1 Å². The van der Waals surface area contributed by atoms with Crippen molar-refractivity contribution in [2.24, 2.45) is 0 Å². The van der Waals surface area contributed by atoms with Crippen LogP contribution >= 0.6 is 0 Å². The summed E-state index contributed by atoms with van der Waals surface area (Å²) in [5, 5.41) is 11.1. The van der Waals surface area contributed by atoms with E-state index in [0.29, 0.717) is 12.1 Å². The van der Waals surface area contributed by atoms with Gasteiger partial charge in [0.2, 0.25) is 5.91 Å². The Morgan fingerprint density at radius 3 is 2.70 bits per heavy atom. The zero-order chi connectivity index (χ0) is 19.2. The monoisotopic (exact) mass is 369 g/mol. The number of nitrogens with zero attached hydrogens (tertiary/aromatic N) is 3. The van der Waals surface area contributed by atoms with Crippen LogP contribution in [0.1, 0.15) is 24.2 Å². The lowest BCUT2D eigenvalue weighted by Crippen LogP contribution is -2.45. The molecule has 1 aromatic heterocycles. The fourth-order valence-electron chi connectivity index (χ4n) is 3.32. The maximum atomic E-state index is 12.9. The second-order valence-electron chi connectivity index (χ2n) is 6.73. The molecule has 7 heteroatoms. The summed E-state index contributed by atoms with van der Waals surface area (Å²) in [6.07, 6.45) is 6.31. The van der Waals surface area contributed by atoms with E-state index in [2.05, 4.69) is 11.9 Å². The third-order valence-corrected chi connectivity index (χ3v) is 4.86. The van der Waals surface area contributed by atoms with Crippen molar-refractivity contribution in [2.45, 2.75) is 25.4 Å². The Morgan fingerprint density at radius 2 is 2.04 bits per heavy atom. The van der Waals surface area contributed by atoms with Crippen LogP contribution in [0.25, 0.3) is 6.08 Å². The molecule has 0 radical (unpaired) electrons. The number of carbonyl (C=O) groups is 1. The van der Waals surface area contributed by atoms with Crippen molar-refractivity contribution < 1.29 is 14.1 Å². The zero-order valence-electron chi connectivity index (χ0n) is 15.3. The van der Waals surface area contributed by atoms with E-state index in [1.54, 1.807) is 35.4 Å². The van der Waals surface area contributed by atoms with Crippen LogP contribution in [0.5, 0.6) is 0 Å². The van der Waals surface area contributed by atoms with Gasteiger partial charge in [-0.3, -0.25) is 14.9 Å². The summed E-state index contributed by atoms with van der Waals surface area (Å²) in [7, 11) is 2.07. The molecule has 2 aromatic rings. The zero-order valence-corrected chi connectivity index (χ0v) is 15.3. The number of benzene rings is 1. The van der Waals surface area contributed by atoms with Crippen LogP contribution in [0.3, 0.4) is 0 Å². The van der Waals surface area contributed by atoms with Crippen LogP contribution < -0.4 is 0 Å². The Balaban J connectivity index is 1.79. The molecule has 1 amide bonds. The number of hydrogen-bond acceptors (Lipinski definition) is 5. The second kappa shape index (κ2) is 8.64. The third kappa shape index (κ3) is 4.83. The maximum absolute atomic E-state index is 12.9. The average molecular weight is 369 g/mol. The van der Waals surface area contributed by atoms with Gasteiger partial charge in [0, 0.05) is 18.2 Å². The Labute approximate surface area is 158 Å². The second-order valence-corrected chi connectivity index (χ2v) is 6.73. The van der Waals surface area contributed by atoms with Gasteiger partial charge >= 0.3 is 0 Å². The molecule has 1 saturated heterocycles. The molecule has 0 spiro atoms. The van der Waals surface area contributed by atoms with Gasteiger partial charge in [-0.2, -0.15) is 0 Å². The number of nitro groups is 1. The summed E-state index contributed by atoms with van der Waals surface area (Å²) >= 11 is 0. The molecule has 0 aliphatic carbocycles. The van der Waals surface area contributed by atoms with Crippen molar-refractivity contribution >= 4 is 17.7 Å². The highest BCUT2D eigenvalue weighted by Gasteiger charge is 2.26. The highest BCUT2D eigenvalue weighted by Crippen LogP contribution is 2.22.